The van der Waals surface area contributed by atoms with Gasteiger partial charge in [-0.1, -0.05) is 0 Å². The predicted molar refractivity (Wildman–Crippen MR) is 39.1 cm³/mol. The van der Waals surface area contributed by atoms with Gasteiger partial charge in [0, 0.05) is 7.05 Å². The van der Waals surface area contributed by atoms with Crippen molar-refractivity contribution in [1.29, 1.82) is 0 Å². The summed E-state index contributed by atoms with van der Waals surface area (Å²) in [7, 11) is 1.68. The van der Waals surface area contributed by atoms with Crippen molar-refractivity contribution < 1.29 is 0 Å². The summed E-state index contributed by atoms with van der Waals surface area (Å²) in [6, 6.07) is 0. The number of aryl methyl sites for hydroxylation is 1. The molecule has 0 saturated heterocycles. The second-order valence-corrected chi connectivity index (χ2v) is 1.96. The molecule has 54 valence electrons. The first kappa shape index (κ1) is 6.80. The molecule has 4 heteroatoms. The topological polar surface area (TPSA) is 57.8 Å². The molecule has 0 amide bonds. The van der Waals surface area contributed by atoms with Gasteiger partial charge in [0.25, 0.3) is 5.56 Å². The Morgan fingerprint density at radius 2 is 2.40 bits per heavy atom. The van der Waals surface area contributed by atoms with Crippen molar-refractivity contribution in [3.05, 3.63) is 22.4 Å². The van der Waals surface area contributed by atoms with Crippen LogP contribution in [0.25, 0.3) is 0 Å². The molecule has 1 rings (SSSR count). The van der Waals surface area contributed by atoms with Gasteiger partial charge in [0.1, 0.15) is 11.5 Å². The fourth-order valence-electron chi connectivity index (χ4n) is 0.662. The fourth-order valence-corrected chi connectivity index (χ4v) is 0.662. The van der Waals surface area contributed by atoms with Crippen molar-refractivity contribution in [3.8, 4) is 0 Å². The number of anilines is 1. The highest BCUT2D eigenvalue weighted by Gasteiger charge is 1.94. The average molecular weight is 139 g/mol. The van der Waals surface area contributed by atoms with E-state index in [1.165, 1.54) is 6.20 Å². The lowest BCUT2D eigenvalue weighted by Gasteiger charge is -1.96. The number of hydrogen-bond acceptors (Lipinski definition) is 3. The van der Waals surface area contributed by atoms with E-state index in [1.807, 2.05) is 0 Å². The maximum Gasteiger partial charge on any atom is 0.274 e. The maximum atomic E-state index is 10.9. The molecule has 0 aliphatic carbocycles. The SMILES string of the molecule is CNc1cnc(C)[nH]c1=O. The maximum absolute atomic E-state index is 10.9. The number of aromatic nitrogens is 2. The zero-order valence-corrected chi connectivity index (χ0v) is 5.93. The number of nitrogens with zero attached hydrogens (tertiary/aromatic N) is 1. The van der Waals surface area contributed by atoms with Crippen molar-refractivity contribution in [1.82, 2.24) is 9.97 Å². The highest BCUT2D eigenvalue weighted by atomic mass is 16.1. The quantitative estimate of drug-likeness (QED) is 0.581. The Hall–Kier alpha value is -1.32. The standard InChI is InChI=1S/C6H9N3O/c1-4-8-3-5(7-2)6(10)9-4/h3,7H,1-2H3,(H,8,9,10). The molecule has 0 spiro atoms. The van der Waals surface area contributed by atoms with E-state index >= 15 is 0 Å². The van der Waals surface area contributed by atoms with Crippen LogP contribution in [0.3, 0.4) is 0 Å². The normalized spacial score (nSPS) is 9.40. The van der Waals surface area contributed by atoms with Crippen molar-refractivity contribution in [3.63, 3.8) is 0 Å². The molecule has 0 fully saturated rings. The van der Waals surface area contributed by atoms with Gasteiger partial charge < -0.3 is 10.3 Å². The molecule has 2 N–H and O–H groups in total. The Bertz CT molecular complexity index is 279. The van der Waals surface area contributed by atoms with Crippen LogP contribution in [0, 0.1) is 6.92 Å². The van der Waals surface area contributed by atoms with Crippen molar-refractivity contribution in [2.75, 3.05) is 12.4 Å². The van der Waals surface area contributed by atoms with Gasteiger partial charge in [-0.3, -0.25) is 4.79 Å². The molecular weight excluding hydrogens is 130 g/mol. The third kappa shape index (κ3) is 1.15. The summed E-state index contributed by atoms with van der Waals surface area (Å²) >= 11 is 0. The number of aromatic amines is 1. The molecule has 0 bridgehead atoms. The van der Waals surface area contributed by atoms with Gasteiger partial charge in [-0.15, -0.1) is 0 Å². The Morgan fingerprint density at radius 1 is 1.70 bits per heavy atom. The number of rotatable bonds is 1. The summed E-state index contributed by atoms with van der Waals surface area (Å²) in [4.78, 5) is 17.4. The average Bonchev–Trinajstić information content (AvgIpc) is 1.88. The molecule has 0 aliphatic rings. The molecule has 0 aromatic carbocycles. The zero-order valence-electron chi connectivity index (χ0n) is 5.93. The number of hydrogen-bond donors (Lipinski definition) is 2. The minimum Gasteiger partial charge on any atom is -0.382 e. The first-order chi connectivity index (χ1) is 4.74. The third-order valence-electron chi connectivity index (χ3n) is 1.20. The van der Waals surface area contributed by atoms with Crippen LogP contribution in [0.4, 0.5) is 5.69 Å². The first-order valence-electron chi connectivity index (χ1n) is 2.97. The van der Waals surface area contributed by atoms with Crippen LogP contribution < -0.4 is 10.9 Å². The van der Waals surface area contributed by atoms with E-state index < -0.39 is 0 Å². The van der Waals surface area contributed by atoms with Crippen molar-refractivity contribution >= 4 is 5.69 Å². The third-order valence-corrected chi connectivity index (χ3v) is 1.20. The minimum atomic E-state index is -0.130. The largest absolute Gasteiger partial charge is 0.382 e. The van der Waals surface area contributed by atoms with E-state index in [0.29, 0.717) is 11.5 Å². The monoisotopic (exact) mass is 139 g/mol. The highest BCUT2D eigenvalue weighted by Crippen LogP contribution is 1.91. The fraction of sp³-hybridized carbons (Fsp3) is 0.333. The van der Waals surface area contributed by atoms with E-state index in [9.17, 15) is 4.79 Å². The Morgan fingerprint density at radius 3 is 2.90 bits per heavy atom. The van der Waals surface area contributed by atoms with Gasteiger partial charge in [-0.25, -0.2) is 4.98 Å². The second kappa shape index (κ2) is 2.51. The van der Waals surface area contributed by atoms with Crippen molar-refractivity contribution in [2.45, 2.75) is 6.92 Å². The molecule has 0 aliphatic heterocycles. The van der Waals surface area contributed by atoms with Crippen LogP contribution in [-0.2, 0) is 0 Å². The van der Waals surface area contributed by atoms with E-state index in [-0.39, 0.29) is 5.56 Å². The van der Waals surface area contributed by atoms with E-state index in [0.717, 1.165) is 0 Å². The van der Waals surface area contributed by atoms with Gasteiger partial charge in [-0.05, 0) is 6.92 Å². The highest BCUT2D eigenvalue weighted by molar-refractivity contribution is 5.36. The van der Waals surface area contributed by atoms with Crippen LogP contribution in [-0.4, -0.2) is 17.0 Å². The summed E-state index contributed by atoms with van der Waals surface area (Å²) in [5, 5.41) is 2.72. The van der Waals surface area contributed by atoms with E-state index in [1.54, 1.807) is 14.0 Å². The van der Waals surface area contributed by atoms with Crippen LogP contribution in [0.2, 0.25) is 0 Å². The molecule has 0 atom stereocenters. The smallest absolute Gasteiger partial charge is 0.274 e. The molecule has 4 nitrogen and oxygen atoms in total. The first-order valence-corrected chi connectivity index (χ1v) is 2.97. The lowest BCUT2D eigenvalue weighted by molar-refractivity contribution is 1.02. The lowest BCUT2D eigenvalue weighted by atomic mass is 10.5. The molecule has 1 heterocycles. The summed E-state index contributed by atoms with van der Waals surface area (Å²) in [6.07, 6.45) is 1.51. The molecule has 0 unspecified atom stereocenters. The Balaban J connectivity index is 3.20. The zero-order chi connectivity index (χ0) is 7.56. The van der Waals surface area contributed by atoms with Crippen LogP contribution >= 0.6 is 0 Å². The Kier molecular flexibility index (Phi) is 1.71. The number of nitrogens with one attached hydrogen (secondary N) is 2. The summed E-state index contributed by atoms with van der Waals surface area (Å²) in [5.41, 5.74) is 0.362. The number of H-pyrrole nitrogens is 1. The van der Waals surface area contributed by atoms with Crippen LogP contribution in [0.5, 0.6) is 0 Å². The lowest BCUT2D eigenvalue weighted by Crippen LogP contribution is -2.13. The Labute approximate surface area is 58.3 Å². The van der Waals surface area contributed by atoms with E-state index in [4.69, 9.17) is 0 Å². The minimum absolute atomic E-state index is 0.130. The van der Waals surface area contributed by atoms with Crippen LogP contribution in [0.15, 0.2) is 11.0 Å². The van der Waals surface area contributed by atoms with Crippen molar-refractivity contribution in [2.24, 2.45) is 0 Å². The van der Waals surface area contributed by atoms with Gasteiger partial charge in [0.2, 0.25) is 0 Å². The second-order valence-electron chi connectivity index (χ2n) is 1.96. The van der Waals surface area contributed by atoms with Gasteiger partial charge in [0.15, 0.2) is 0 Å². The summed E-state index contributed by atoms with van der Waals surface area (Å²) in [6.45, 7) is 1.74. The predicted octanol–water partition coefficient (Wildman–Crippen LogP) is 0.120. The summed E-state index contributed by atoms with van der Waals surface area (Å²) in [5.74, 6) is 0.629. The molecule has 0 saturated carbocycles. The van der Waals surface area contributed by atoms with Gasteiger partial charge in [0.05, 0.1) is 6.20 Å². The van der Waals surface area contributed by atoms with E-state index in [2.05, 4.69) is 15.3 Å². The van der Waals surface area contributed by atoms with Gasteiger partial charge in [-0.2, -0.15) is 0 Å². The molecule has 1 aromatic rings. The summed E-state index contributed by atoms with van der Waals surface area (Å²) < 4.78 is 0. The van der Waals surface area contributed by atoms with Gasteiger partial charge >= 0.3 is 0 Å². The molecule has 10 heavy (non-hydrogen) atoms. The molecule has 1 aromatic heterocycles. The molecule has 0 radical (unpaired) electrons. The molecular formula is C6H9N3O. The van der Waals surface area contributed by atoms with Crippen LogP contribution in [0.1, 0.15) is 5.82 Å².